The highest BCUT2D eigenvalue weighted by atomic mass is 16.5. The van der Waals surface area contributed by atoms with Crippen LogP contribution in [0.15, 0.2) is 41.4 Å². The van der Waals surface area contributed by atoms with Crippen LogP contribution >= 0.6 is 0 Å². The van der Waals surface area contributed by atoms with E-state index in [1.165, 1.54) is 0 Å². The zero-order chi connectivity index (χ0) is 16.2. The Balaban J connectivity index is 2.42. The fraction of sp³-hybridized carbons (Fsp3) is 0.444. The lowest BCUT2D eigenvalue weighted by Crippen LogP contribution is -2.54. The number of aliphatic imine (C=N–C) groups is 1. The minimum Gasteiger partial charge on any atom is -0.483 e. The number of hydrogen-bond donors (Lipinski definition) is 1. The number of hydrogen-bond acceptors (Lipinski definition) is 4. The van der Waals surface area contributed by atoms with Crippen LogP contribution in [0.4, 0.5) is 0 Å². The summed E-state index contributed by atoms with van der Waals surface area (Å²) in [6.45, 7) is 5.51. The molecule has 0 aromatic heterocycles. The van der Waals surface area contributed by atoms with E-state index in [9.17, 15) is 10.4 Å². The van der Waals surface area contributed by atoms with Gasteiger partial charge in [0.05, 0.1) is 11.2 Å². The normalized spacial score (nSPS) is 21.6. The Bertz CT molecular complexity index is 609. The van der Waals surface area contributed by atoms with Crippen molar-refractivity contribution in [3.8, 4) is 11.8 Å². The van der Waals surface area contributed by atoms with Gasteiger partial charge >= 0.3 is 0 Å². The third kappa shape index (κ3) is 3.20. The fourth-order valence-corrected chi connectivity index (χ4v) is 2.92. The molecule has 4 heteroatoms. The first-order valence-electron chi connectivity index (χ1n) is 7.54. The Morgan fingerprint density at radius 2 is 2.14 bits per heavy atom. The number of rotatable bonds is 6. The molecule has 0 saturated heterocycles. The predicted octanol–water partition coefficient (Wildman–Crippen LogP) is 3.26. The second-order valence-corrected chi connectivity index (χ2v) is 6.14. The number of aliphatic hydroxyl groups is 1. The van der Waals surface area contributed by atoms with Crippen molar-refractivity contribution >= 4 is 6.21 Å². The van der Waals surface area contributed by atoms with Crippen LogP contribution in [0.1, 0.15) is 39.2 Å². The third-order valence-electron chi connectivity index (χ3n) is 3.78. The van der Waals surface area contributed by atoms with Crippen molar-refractivity contribution in [2.45, 2.75) is 50.9 Å². The summed E-state index contributed by atoms with van der Waals surface area (Å²) in [4.78, 5) is 4.57. The monoisotopic (exact) mass is 298 g/mol. The minimum absolute atomic E-state index is 0.453. The second-order valence-electron chi connectivity index (χ2n) is 6.14. The zero-order valence-electron chi connectivity index (χ0n) is 13.3. The van der Waals surface area contributed by atoms with Crippen molar-refractivity contribution in [3.63, 3.8) is 0 Å². The Hall–Kier alpha value is -2.12. The highest BCUT2D eigenvalue weighted by molar-refractivity contribution is 5.75. The van der Waals surface area contributed by atoms with E-state index in [1.807, 2.05) is 18.2 Å². The quantitative estimate of drug-likeness (QED) is 0.876. The van der Waals surface area contributed by atoms with Crippen LogP contribution in [0.25, 0.3) is 0 Å². The summed E-state index contributed by atoms with van der Waals surface area (Å²) < 4.78 is 6.10. The molecule has 2 atom stereocenters. The van der Waals surface area contributed by atoms with Crippen molar-refractivity contribution in [1.82, 2.24) is 0 Å². The summed E-state index contributed by atoms with van der Waals surface area (Å²) in [5, 5.41) is 19.9. The van der Waals surface area contributed by atoms with Gasteiger partial charge in [-0.05, 0) is 38.5 Å². The molecule has 2 rings (SSSR count). The molecular weight excluding hydrogens is 276 g/mol. The molecule has 0 bridgehead atoms. The lowest BCUT2D eigenvalue weighted by atomic mass is 9.80. The van der Waals surface area contributed by atoms with Crippen molar-refractivity contribution in [1.29, 1.82) is 5.26 Å². The third-order valence-corrected chi connectivity index (χ3v) is 3.78. The van der Waals surface area contributed by atoms with Gasteiger partial charge in [0, 0.05) is 6.21 Å². The first-order chi connectivity index (χ1) is 10.4. The summed E-state index contributed by atoms with van der Waals surface area (Å²) in [5.74, 6) is 0.475. The van der Waals surface area contributed by atoms with Crippen LogP contribution in [-0.2, 0) is 0 Å². The largest absolute Gasteiger partial charge is 0.483 e. The van der Waals surface area contributed by atoms with Crippen molar-refractivity contribution in [3.05, 3.63) is 42.0 Å². The van der Waals surface area contributed by atoms with Crippen molar-refractivity contribution < 1.29 is 9.84 Å². The molecule has 1 heterocycles. The van der Waals surface area contributed by atoms with Gasteiger partial charge in [-0.2, -0.15) is 5.26 Å². The number of benzene rings is 1. The van der Waals surface area contributed by atoms with Crippen LogP contribution in [0.3, 0.4) is 0 Å². The van der Waals surface area contributed by atoms with Crippen LogP contribution in [0, 0.1) is 11.3 Å². The van der Waals surface area contributed by atoms with Gasteiger partial charge in [-0.1, -0.05) is 31.6 Å². The number of ether oxygens (including phenoxy) is 1. The van der Waals surface area contributed by atoms with Gasteiger partial charge in [0.2, 0.25) is 0 Å². The molecule has 0 amide bonds. The highest BCUT2D eigenvalue weighted by Crippen LogP contribution is 2.36. The summed E-state index contributed by atoms with van der Waals surface area (Å²) in [5.41, 5.74) is -1.26. The molecule has 22 heavy (non-hydrogen) atoms. The van der Waals surface area contributed by atoms with E-state index in [1.54, 1.807) is 38.3 Å². The molecule has 1 aromatic carbocycles. The van der Waals surface area contributed by atoms with Gasteiger partial charge in [0.1, 0.15) is 17.4 Å². The van der Waals surface area contributed by atoms with Gasteiger partial charge in [0.15, 0.2) is 6.10 Å². The van der Waals surface area contributed by atoms with Crippen LogP contribution in [0.5, 0.6) is 5.75 Å². The summed E-state index contributed by atoms with van der Waals surface area (Å²) in [6.07, 6.45) is 6.71. The summed E-state index contributed by atoms with van der Waals surface area (Å²) in [6, 6.07) is 9.19. The predicted molar refractivity (Wildman–Crippen MR) is 87.1 cm³/mol. The molecule has 1 N–H and O–H groups in total. The molecule has 2 unspecified atom stereocenters. The Morgan fingerprint density at radius 1 is 1.41 bits per heavy atom. The smallest absolute Gasteiger partial charge is 0.155 e. The first kappa shape index (κ1) is 16.3. The van der Waals surface area contributed by atoms with Crippen LogP contribution < -0.4 is 4.74 Å². The maximum atomic E-state index is 10.6. The van der Waals surface area contributed by atoms with E-state index < -0.39 is 17.2 Å². The molecule has 0 radical (unpaired) electrons. The van der Waals surface area contributed by atoms with Crippen molar-refractivity contribution in [2.75, 3.05) is 0 Å². The van der Waals surface area contributed by atoms with E-state index in [0.717, 1.165) is 12.8 Å². The van der Waals surface area contributed by atoms with Crippen LogP contribution in [0.2, 0.25) is 0 Å². The average molecular weight is 298 g/mol. The number of para-hydroxylation sites is 1. The molecule has 116 valence electrons. The molecule has 4 nitrogen and oxygen atoms in total. The molecule has 1 aliphatic heterocycles. The van der Waals surface area contributed by atoms with Gasteiger partial charge < -0.3 is 9.84 Å². The second kappa shape index (κ2) is 6.33. The zero-order valence-corrected chi connectivity index (χ0v) is 13.3. The Kier molecular flexibility index (Phi) is 4.68. The van der Waals surface area contributed by atoms with Crippen molar-refractivity contribution in [2.24, 2.45) is 4.99 Å². The van der Waals surface area contributed by atoms with Gasteiger partial charge in [-0.3, -0.25) is 4.99 Å². The number of allylic oxidation sites excluding steroid dienone is 1. The minimum atomic E-state index is -1.11. The molecule has 1 aliphatic rings. The van der Waals surface area contributed by atoms with E-state index in [-0.39, 0.29) is 0 Å². The van der Waals surface area contributed by atoms with E-state index in [4.69, 9.17) is 4.74 Å². The molecule has 0 aliphatic carbocycles. The average Bonchev–Trinajstić information content (AvgIpc) is 2.93. The van der Waals surface area contributed by atoms with Gasteiger partial charge in [-0.25, -0.2) is 0 Å². The molecule has 0 saturated carbocycles. The molecule has 0 fully saturated rings. The number of nitriles is 1. The lowest BCUT2D eigenvalue weighted by molar-refractivity contribution is -0.0611. The molecular formula is C18H22N2O2. The summed E-state index contributed by atoms with van der Waals surface area (Å²) >= 11 is 0. The maximum absolute atomic E-state index is 10.6. The van der Waals surface area contributed by atoms with E-state index in [0.29, 0.717) is 11.3 Å². The summed E-state index contributed by atoms with van der Waals surface area (Å²) in [7, 11) is 0. The SMILES string of the molecule is CCCC1(C(Oc2ccccc2C#N)C(C)(C)O)C=CC=N1. The topological polar surface area (TPSA) is 65.6 Å². The molecule has 1 aromatic rings. The lowest BCUT2D eigenvalue weighted by Gasteiger charge is -2.40. The van der Waals surface area contributed by atoms with E-state index >= 15 is 0 Å². The van der Waals surface area contributed by atoms with Gasteiger partial charge in [0.25, 0.3) is 0 Å². The van der Waals surface area contributed by atoms with E-state index in [2.05, 4.69) is 18.0 Å². The highest BCUT2D eigenvalue weighted by Gasteiger charge is 2.47. The Morgan fingerprint density at radius 3 is 2.68 bits per heavy atom. The fourth-order valence-electron chi connectivity index (χ4n) is 2.92. The maximum Gasteiger partial charge on any atom is 0.155 e. The number of nitrogens with zero attached hydrogens (tertiary/aromatic N) is 2. The van der Waals surface area contributed by atoms with Crippen LogP contribution in [-0.4, -0.2) is 28.6 Å². The Labute approximate surface area is 131 Å². The standard InChI is InChI=1S/C18H22N2O2/c1-4-10-18(11-7-12-20-18)16(17(2,3)21)22-15-9-6-5-8-14(15)13-19/h5-9,11-12,16,21H,4,10H2,1-3H3. The van der Waals surface area contributed by atoms with Gasteiger partial charge in [-0.15, -0.1) is 0 Å². The first-order valence-corrected chi connectivity index (χ1v) is 7.54. The molecule has 0 spiro atoms.